The van der Waals surface area contributed by atoms with E-state index in [1.165, 1.54) is 13.0 Å². The van der Waals surface area contributed by atoms with Gasteiger partial charge in [0.2, 0.25) is 0 Å². The molecule has 0 radical (unpaired) electrons. The fraction of sp³-hybridized carbons (Fsp3) is 0.500. The summed E-state index contributed by atoms with van der Waals surface area (Å²) in [4.78, 5) is 11.5. The predicted octanol–water partition coefficient (Wildman–Crippen LogP) is 2.96. The van der Waals surface area contributed by atoms with Crippen LogP contribution in [0.2, 0.25) is 0 Å². The zero-order chi connectivity index (χ0) is 14.0. The first kappa shape index (κ1) is 14.1. The Morgan fingerprint density at radius 1 is 1.42 bits per heavy atom. The summed E-state index contributed by atoms with van der Waals surface area (Å²) in [5, 5.41) is 3.17. The highest BCUT2D eigenvalue weighted by Crippen LogP contribution is 2.30. The van der Waals surface area contributed by atoms with Crippen LogP contribution in [0.5, 0.6) is 0 Å². The smallest absolute Gasteiger partial charge is 0.304 e. The standard InChI is InChI=1S/C14H16F3NO/c1-9(19)13(18-12-5-6-12)8-10-3-2-4-11(7-10)14(15,16)17/h2-4,7,12-13,18H,5-6,8H2,1H3. The molecule has 1 atom stereocenters. The summed E-state index contributed by atoms with van der Waals surface area (Å²) >= 11 is 0. The highest BCUT2D eigenvalue weighted by Gasteiger charge is 2.31. The third-order valence-corrected chi connectivity index (χ3v) is 3.20. The van der Waals surface area contributed by atoms with E-state index in [0.29, 0.717) is 18.0 Å². The normalized spacial score (nSPS) is 17.3. The largest absolute Gasteiger partial charge is 0.416 e. The lowest BCUT2D eigenvalue weighted by molar-refractivity contribution is -0.137. The second kappa shape index (κ2) is 5.33. The van der Waals surface area contributed by atoms with Crippen LogP contribution in [-0.4, -0.2) is 17.9 Å². The van der Waals surface area contributed by atoms with Gasteiger partial charge in [0, 0.05) is 6.04 Å². The van der Waals surface area contributed by atoms with Crippen LogP contribution in [0.3, 0.4) is 0 Å². The molecule has 0 spiro atoms. The number of hydrogen-bond donors (Lipinski definition) is 1. The minimum atomic E-state index is -4.34. The van der Waals surface area contributed by atoms with Crippen molar-refractivity contribution < 1.29 is 18.0 Å². The van der Waals surface area contributed by atoms with Crippen LogP contribution in [0, 0.1) is 0 Å². The quantitative estimate of drug-likeness (QED) is 0.892. The summed E-state index contributed by atoms with van der Waals surface area (Å²) in [7, 11) is 0. The molecule has 0 heterocycles. The average molecular weight is 271 g/mol. The topological polar surface area (TPSA) is 29.1 Å². The third kappa shape index (κ3) is 4.06. The van der Waals surface area contributed by atoms with Crippen molar-refractivity contribution in [3.05, 3.63) is 35.4 Å². The van der Waals surface area contributed by atoms with Gasteiger partial charge in [0.1, 0.15) is 5.78 Å². The van der Waals surface area contributed by atoms with Crippen molar-refractivity contribution in [2.75, 3.05) is 0 Å². The number of Topliss-reactive ketones (excluding diaryl/α,β-unsaturated/α-hetero) is 1. The van der Waals surface area contributed by atoms with Crippen molar-refractivity contribution in [1.29, 1.82) is 0 Å². The zero-order valence-corrected chi connectivity index (χ0v) is 10.6. The van der Waals surface area contributed by atoms with Crippen LogP contribution in [0.4, 0.5) is 13.2 Å². The van der Waals surface area contributed by atoms with Gasteiger partial charge < -0.3 is 5.32 Å². The van der Waals surface area contributed by atoms with Crippen LogP contribution in [0.15, 0.2) is 24.3 Å². The molecule has 1 aromatic rings. The molecule has 1 N–H and O–H groups in total. The number of alkyl halides is 3. The van der Waals surface area contributed by atoms with Crippen molar-refractivity contribution in [1.82, 2.24) is 5.32 Å². The van der Waals surface area contributed by atoms with Gasteiger partial charge in [-0.25, -0.2) is 0 Å². The van der Waals surface area contributed by atoms with Gasteiger partial charge in [-0.05, 0) is 37.8 Å². The van der Waals surface area contributed by atoms with Crippen LogP contribution in [0.1, 0.15) is 30.9 Å². The Morgan fingerprint density at radius 2 is 2.11 bits per heavy atom. The second-order valence-corrected chi connectivity index (χ2v) is 5.01. The third-order valence-electron chi connectivity index (χ3n) is 3.20. The van der Waals surface area contributed by atoms with Gasteiger partial charge in [-0.3, -0.25) is 4.79 Å². The van der Waals surface area contributed by atoms with Gasteiger partial charge in [0.05, 0.1) is 11.6 Å². The Morgan fingerprint density at radius 3 is 2.63 bits per heavy atom. The fourth-order valence-electron chi connectivity index (χ4n) is 1.96. The zero-order valence-electron chi connectivity index (χ0n) is 10.6. The molecule has 1 aliphatic rings. The number of halogens is 3. The number of rotatable bonds is 5. The Balaban J connectivity index is 2.09. The SMILES string of the molecule is CC(=O)C(Cc1cccc(C(F)(F)F)c1)NC1CC1. The van der Waals surface area contributed by atoms with E-state index >= 15 is 0 Å². The summed E-state index contributed by atoms with van der Waals surface area (Å²) in [6, 6.07) is 5.12. The maximum Gasteiger partial charge on any atom is 0.416 e. The van der Waals surface area contributed by atoms with E-state index < -0.39 is 17.8 Å². The van der Waals surface area contributed by atoms with Gasteiger partial charge in [-0.1, -0.05) is 18.2 Å². The number of ketones is 1. The summed E-state index contributed by atoms with van der Waals surface area (Å²) < 4.78 is 37.8. The van der Waals surface area contributed by atoms with E-state index in [0.717, 1.165) is 25.0 Å². The lowest BCUT2D eigenvalue weighted by atomic mass is 10.0. The minimum Gasteiger partial charge on any atom is -0.304 e. The second-order valence-electron chi connectivity index (χ2n) is 5.01. The van der Waals surface area contributed by atoms with Crippen LogP contribution in [0.25, 0.3) is 0 Å². The van der Waals surface area contributed by atoms with E-state index in [2.05, 4.69) is 5.32 Å². The number of carbonyl (C=O) groups excluding carboxylic acids is 1. The Kier molecular flexibility index (Phi) is 3.94. The Labute approximate surface area is 110 Å². The van der Waals surface area contributed by atoms with E-state index in [9.17, 15) is 18.0 Å². The van der Waals surface area contributed by atoms with Crippen molar-refractivity contribution in [3.8, 4) is 0 Å². The van der Waals surface area contributed by atoms with Gasteiger partial charge in [0.15, 0.2) is 0 Å². The van der Waals surface area contributed by atoms with Crippen LogP contribution < -0.4 is 5.32 Å². The lowest BCUT2D eigenvalue weighted by Crippen LogP contribution is -2.38. The van der Waals surface area contributed by atoms with E-state index in [4.69, 9.17) is 0 Å². The molecule has 1 aromatic carbocycles. The number of nitrogens with one attached hydrogen (secondary N) is 1. The molecule has 2 nitrogen and oxygen atoms in total. The molecule has 5 heteroatoms. The van der Waals surface area contributed by atoms with E-state index in [1.54, 1.807) is 6.07 Å². The molecule has 1 aliphatic carbocycles. The molecule has 19 heavy (non-hydrogen) atoms. The molecule has 1 unspecified atom stereocenters. The van der Waals surface area contributed by atoms with Crippen LogP contribution in [-0.2, 0) is 17.4 Å². The van der Waals surface area contributed by atoms with Crippen molar-refractivity contribution in [2.45, 2.75) is 44.4 Å². The minimum absolute atomic E-state index is 0.0377. The number of hydrogen-bond acceptors (Lipinski definition) is 2. The maximum absolute atomic E-state index is 12.6. The molecule has 0 bridgehead atoms. The first-order chi connectivity index (χ1) is 8.86. The molecular formula is C14H16F3NO. The molecule has 1 fully saturated rings. The summed E-state index contributed by atoms with van der Waals surface area (Å²) in [6.07, 6.45) is -1.97. The maximum atomic E-state index is 12.6. The monoisotopic (exact) mass is 271 g/mol. The molecule has 104 valence electrons. The lowest BCUT2D eigenvalue weighted by Gasteiger charge is -2.16. The van der Waals surface area contributed by atoms with Gasteiger partial charge in [-0.15, -0.1) is 0 Å². The van der Waals surface area contributed by atoms with E-state index in [1.807, 2.05) is 0 Å². The van der Waals surface area contributed by atoms with Crippen LogP contribution >= 0.6 is 0 Å². The molecule has 0 amide bonds. The van der Waals surface area contributed by atoms with Gasteiger partial charge in [-0.2, -0.15) is 13.2 Å². The van der Waals surface area contributed by atoms with Gasteiger partial charge in [0.25, 0.3) is 0 Å². The first-order valence-electron chi connectivity index (χ1n) is 6.29. The summed E-state index contributed by atoms with van der Waals surface area (Å²) in [6.45, 7) is 1.47. The van der Waals surface area contributed by atoms with Crippen molar-refractivity contribution >= 4 is 5.78 Å². The summed E-state index contributed by atoms with van der Waals surface area (Å²) in [5.41, 5.74) is -0.137. The summed E-state index contributed by atoms with van der Waals surface area (Å²) in [5.74, 6) is -0.0377. The molecular weight excluding hydrogens is 255 g/mol. The fourth-order valence-corrected chi connectivity index (χ4v) is 1.96. The predicted molar refractivity (Wildman–Crippen MR) is 65.8 cm³/mol. The first-order valence-corrected chi connectivity index (χ1v) is 6.29. The van der Waals surface area contributed by atoms with Crippen molar-refractivity contribution in [3.63, 3.8) is 0 Å². The number of benzene rings is 1. The molecule has 0 aromatic heterocycles. The molecule has 2 rings (SSSR count). The molecule has 1 saturated carbocycles. The highest BCUT2D eigenvalue weighted by atomic mass is 19.4. The highest BCUT2D eigenvalue weighted by molar-refractivity contribution is 5.81. The van der Waals surface area contributed by atoms with E-state index in [-0.39, 0.29) is 5.78 Å². The Bertz CT molecular complexity index is 466. The van der Waals surface area contributed by atoms with Crippen molar-refractivity contribution in [2.24, 2.45) is 0 Å². The average Bonchev–Trinajstić information content (AvgIpc) is 3.11. The Hall–Kier alpha value is -1.36. The van der Waals surface area contributed by atoms with Gasteiger partial charge >= 0.3 is 6.18 Å². The number of carbonyl (C=O) groups is 1. The molecule has 0 saturated heterocycles. The molecule has 0 aliphatic heterocycles.